The second-order valence-electron chi connectivity index (χ2n) is 3.71. The van der Waals surface area contributed by atoms with Gasteiger partial charge in [-0.05, 0) is 13.3 Å². The van der Waals surface area contributed by atoms with Gasteiger partial charge in [0.2, 0.25) is 5.91 Å². The molecule has 4 N–H and O–H groups in total. The zero-order valence-corrected chi connectivity index (χ0v) is 8.77. The number of carbonyl (C=O) groups is 1. The minimum absolute atomic E-state index is 0.0231. The van der Waals surface area contributed by atoms with Gasteiger partial charge in [0.25, 0.3) is 0 Å². The molecule has 2 atom stereocenters. The van der Waals surface area contributed by atoms with Crippen LogP contribution in [-0.2, 0) is 9.53 Å². The van der Waals surface area contributed by atoms with Gasteiger partial charge in [-0.15, -0.1) is 0 Å². The number of nitrogens with zero attached hydrogens (tertiary/aromatic N) is 1. The van der Waals surface area contributed by atoms with Crippen molar-refractivity contribution in [2.45, 2.75) is 25.9 Å². The highest BCUT2D eigenvalue weighted by Crippen LogP contribution is 2.18. The number of amidine groups is 1. The lowest BCUT2D eigenvalue weighted by Gasteiger charge is -2.08. The molecule has 0 radical (unpaired) electrons. The fourth-order valence-electron chi connectivity index (χ4n) is 1.51. The Hall–Kier alpha value is -1.30. The van der Waals surface area contributed by atoms with Crippen LogP contribution in [0.5, 0.6) is 0 Å². The molecule has 0 aromatic rings. The van der Waals surface area contributed by atoms with Gasteiger partial charge < -0.3 is 21.0 Å². The quantitative estimate of drug-likeness (QED) is 0.259. The van der Waals surface area contributed by atoms with Crippen LogP contribution in [0.4, 0.5) is 0 Å². The van der Waals surface area contributed by atoms with Gasteiger partial charge in [0.1, 0.15) is 5.84 Å². The number of nitrogens with one attached hydrogen (secondary N) is 1. The summed E-state index contributed by atoms with van der Waals surface area (Å²) in [4.78, 5) is 11.5. The van der Waals surface area contributed by atoms with Crippen molar-refractivity contribution in [2.24, 2.45) is 16.8 Å². The second-order valence-corrected chi connectivity index (χ2v) is 3.71. The van der Waals surface area contributed by atoms with Gasteiger partial charge in [0, 0.05) is 13.0 Å². The summed E-state index contributed by atoms with van der Waals surface area (Å²) in [6.45, 7) is 2.82. The van der Waals surface area contributed by atoms with E-state index in [1.807, 2.05) is 6.92 Å². The van der Waals surface area contributed by atoms with E-state index in [0.29, 0.717) is 19.6 Å². The Labute approximate surface area is 88.5 Å². The zero-order chi connectivity index (χ0) is 11.3. The Balaban J connectivity index is 2.19. The van der Waals surface area contributed by atoms with Gasteiger partial charge in [-0.25, -0.2) is 0 Å². The summed E-state index contributed by atoms with van der Waals surface area (Å²) < 4.78 is 5.29. The standard InChI is InChI=1S/C9H17N3O3/c1-6-4-7(5-15-6)9(13)11-3-2-8(10)12-14/h6-7,14H,2-5H2,1H3,(H2,10,12)(H,11,13). The Morgan fingerprint density at radius 1 is 1.73 bits per heavy atom. The SMILES string of the molecule is CC1CC(C(=O)NCCC(N)=NO)CO1. The monoisotopic (exact) mass is 215 g/mol. The fraction of sp³-hybridized carbons (Fsp3) is 0.778. The lowest BCUT2D eigenvalue weighted by atomic mass is 10.1. The molecule has 86 valence electrons. The molecule has 0 saturated carbocycles. The number of hydrogen-bond acceptors (Lipinski definition) is 4. The minimum Gasteiger partial charge on any atom is -0.409 e. The average Bonchev–Trinajstić information content (AvgIpc) is 2.64. The van der Waals surface area contributed by atoms with E-state index >= 15 is 0 Å². The molecule has 1 rings (SSSR count). The molecular formula is C9H17N3O3. The van der Waals surface area contributed by atoms with E-state index in [9.17, 15) is 4.79 Å². The molecule has 6 nitrogen and oxygen atoms in total. The molecule has 1 aliphatic heterocycles. The third kappa shape index (κ3) is 3.75. The lowest BCUT2D eigenvalue weighted by molar-refractivity contribution is -0.124. The van der Waals surface area contributed by atoms with E-state index in [-0.39, 0.29) is 23.8 Å². The van der Waals surface area contributed by atoms with Crippen LogP contribution in [0, 0.1) is 5.92 Å². The van der Waals surface area contributed by atoms with Crippen molar-refractivity contribution in [2.75, 3.05) is 13.2 Å². The van der Waals surface area contributed by atoms with E-state index in [4.69, 9.17) is 15.7 Å². The molecule has 1 amide bonds. The molecule has 0 bridgehead atoms. The first-order valence-electron chi connectivity index (χ1n) is 4.99. The van der Waals surface area contributed by atoms with Crippen LogP contribution in [0.15, 0.2) is 5.16 Å². The lowest BCUT2D eigenvalue weighted by Crippen LogP contribution is -2.33. The van der Waals surface area contributed by atoms with Gasteiger partial charge in [0.05, 0.1) is 18.6 Å². The Kier molecular flexibility index (Phi) is 4.36. The maximum absolute atomic E-state index is 11.5. The minimum atomic E-state index is -0.0627. The number of ether oxygens (including phenoxy) is 1. The number of carbonyl (C=O) groups excluding carboxylic acids is 1. The van der Waals surface area contributed by atoms with E-state index in [1.54, 1.807) is 0 Å². The first-order valence-corrected chi connectivity index (χ1v) is 4.99. The molecule has 15 heavy (non-hydrogen) atoms. The summed E-state index contributed by atoms with van der Waals surface area (Å²) in [7, 11) is 0. The van der Waals surface area contributed by atoms with Crippen molar-refractivity contribution in [1.82, 2.24) is 5.32 Å². The summed E-state index contributed by atoms with van der Waals surface area (Å²) in [5.41, 5.74) is 5.26. The van der Waals surface area contributed by atoms with Crippen molar-refractivity contribution in [3.8, 4) is 0 Å². The predicted molar refractivity (Wildman–Crippen MR) is 54.6 cm³/mol. The summed E-state index contributed by atoms with van der Waals surface area (Å²) in [6, 6.07) is 0. The largest absolute Gasteiger partial charge is 0.409 e. The first kappa shape index (κ1) is 11.8. The fourth-order valence-corrected chi connectivity index (χ4v) is 1.51. The molecule has 1 aliphatic rings. The van der Waals surface area contributed by atoms with Crippen molar-refractivity contribution < 1.29 is 14.7 Å². The molecule has 6 heteroatoms. The molecular weight excluding hydrogens is 198 g/mol. The van der Waals surface area contributed by atoms with Gasteiger partial charge in [-0.3, -0.25) is 4.79 Å². The summed E-state index contributed by atoms with van der Waals surface area (Å²) in [6.07, 6.45) is 1.27. The van der Waals surface area contributed by atoms with E-state index < -0.39 is 0 Å². The van der Waals surface area contributed by atoms with E-state index in [0.717, 1.165) is 6.42 Å². The van der Waals surface area contributed by atoms with Gasteiger partial charge >= 0.3 is 0 Å². The van der Waals surface area contributed by atoms with Crippen molar-refractivity contribution in [1.29, 1.82) is 0 Å². The predicted octanol–water partition coefficient (Wildman–Crippen LogP) is -0.336. The zero-order valence-electron chi connectivity index (χ0n) is 8.77. The summed E-state index contributed by atoms with van der Waals surface area (Å²) >= 11 is 0. The third-order valence-electron chi connectivity index (χ3n) is 2.38. The maximum Gasteiger partial charge on any atom is 0.225 e. The summed E-state index contributed by atoms with van der Waals surface area (Å²) in [5, 5.41) is 13.8. The molecule has 0 spiro atoms. The number of oxime groups is 1. The van der Waals surface area contributed by atoms with Crippen molar-refractivity contribution in [3.63, 3.8) is 0 Å². The third-order valence-corrected chi connectivity index (χ3v) is 2.38. The van der Waals surface area contributed by atoms with Crippen LogP contribution in [0.2, 0.25) is 0 Å². The van der Waals surface area contributed by atoms with Crippen LogP contribution in [0.3, 0.4) is 0 Å². The van der Waals surface area contributed by atoms with Gasteiger partial charge in [-0.1, -0.05) is 5.16 Å². The van der Waals surface area contributed by atoms with Crippen LogP contribution in [0.1, 0.15) is 19.8 Å². The summed E-state index contributed by atoms with van der Waals surface area (Å²) in [5.74, 6) is 0.0312. The first-order chi connectivity index (χ1) is 7.13. The Bertz CT molecular complexity index is 255. The maximum atomic E-state index is 11.5. The highest BCUT2D eigenvalue weighted by Gasteiger charge is 2.27. The highest BCUT2D eigenvalue weighted by molar-refractivity contribution is 5.82. The van der Waals surface area contributed by atoms with Crippen LogP contribution < -0.4 is 11.1 Å². The average molecular weight is 215 g/mol. The van der Waals surface area contributed by atoms with E-state index in [1.165, 1.54) is 0 Å². The number of nitrogens with two attached hydrogens (primary N) is 1. The molecule has 0 aliphatic carbocycles. The molecule has 1 fully saturated rings. The van der Waals surface area contributed by atoms with Crippen LogP contribution in [-0.4, -0.2) is 36.2 Å². The second kappa shape index (κ2) is 5.55. The highest BCUT2D eigenvalue weighted by atomic mass is 16.5. The molecule has 2 unspecified atom stereocenters. The van der Waals surface area contributed by atoms with Crippen molar-refractivity contribution in [3.05, 3.63) is 0 Å². The van der Waals surface area contributed by atoms with Gasteiger partial charge in [0.15, 0.2) is 0 Å². The Morgan fingerprint density at radius 2 is 2.47 bits per heavy atom. The van der Waals surface area contributed by atoms with Gasteiger partial charge in [-0.2, -0.15) is 0 Å². The van der Waals surface area contributed by atoms with Crippen molar-refractivity contribution >= 4 is 11.7 Å². The number of rotatable bonds is 4. The Morgan fingerprint density at radius 3 is 3.00 bits per heavy atom. The van der Waals surface area contributed by atoms with E-state index in [2.05, 4.69) is 10.5 Å². The number of amides is 1. The molecule has 0 aromatic carbocycles. The number of hydrogen-bond donors (Lipinski definition) is 3. The molecule has 1 saturated heterocycles. The topological polar surface area (TPSA) is 96.9 Å². The smallest absolute Gasteiger partial charge is 0.225 e. The van der Waals surface area contributed by atoms with Crippen LogP contribution >= 0.6 is 0 Å². The van der Waals surface area contributed by atoms with Crippen LogP contribution in [0.25, 0.3) is 0 Å². The normalized spacial score (nSPS) is 26.6. The molecule has 1 heterocycles. The molecule has 0 aromatic heterocycles.